The summed E-state index contributed by atoms with van der Waals surface area (Å²) in [6.45, 7) is 0.502. The summed E-state index contributed by atoms with van der Waals surface area (Å²) in [5.41, 5.74) is 0.257. The van der Waals surface area contributed by atoms with Crippen molar-refractivity contribution in [2.24, 2.45) is 0 Å². The van der Waals surface area contributed by atoms with Gasteiger partial charge in [-0.25, -0.2) is 0 Å². The van der Waals surface area contributed by atoms with Crippen LogP contribution in [0.15, 0.2) is 34.1 Å². The molecule has 1 aromatic heterocycles. The Kier molecular flexibility index (Phi) is 3.83. The van der Waals surface area contributed by atoms with Crippen LogP contribution >= 0.6 is 27.3 Å². The van der Waals surface area contributed by atoms with Crippen LogP contribution in [0.3, 0.4) is 0 Å². The highest BCUT2D eigenvalue weighted by Crippen LogP contribution is 2.29. The van der Waals surface area contributed by atoms with Crippen LogP contribution in [0.1, 0.15) is 4.88 Å². The Labute approximate surface area is 115 Å². The van der Waals surface area contributed by atoms with Gasteiger partial charge in [0, 0.05) is 11.4 Å². The quantitative estimate of drug-likeness (QED) is 0.509. The minimum absolute atomic E-state index is 0.119. The number of rotatable bonds is 4. The van der Waals surface area contributed by atoms with Crippen LogP contribution in [0.25, 0.3) is 0 Å². The number of thiophene rings is 1. The van der Waals surface area contributed by atoms with Gasteiger partial charge in [-0.3, -0.25) is 10.1 Å². The lowest BCUT2D eigenvalue weighted by molar-refractivity contribution is -0.384. The number of aromatic hydroxyl groups is 1. The summed E-state index contributed by atoms with van der Waals surface area (Å²) < 4.78 is 1.01. The van der Waals surface area contributed by atoms with Crippen LogP contribution in [0.4, 0.5) is 11.4 Å². The summed E-state index contributed by atoms with van der Waals surface area (Å²) in [6.07, 6.45) is 0. The maximum Gasteiger partial charge on any atom is 0.296 e. The first-order chi connectivity index (χ1) is 8.56. The Morgan fingerprint density at radius 3 is 2.78 bits per heavy atom. The number of anilines is 1. The molecule has 0 radical (unpaired) electrons. The van der Waals surface area contributed by atoms with Crippen LogP contribution in [0, 0.1) is 10.1 Å². The second-order valence-corrected chi connectivity index (χ2v) is 6.07. The van der Waals surface area contributed by atoms with Crippen LogP contribution in [-0.4, -0.2) is 10.0 Å². The normalized spacial score (nSPS) is 10.3. The first-order valence-electron chi connectivity index (χ1n) is 5.02. The Morgan fingerprint density at radius 1 is 1.39 bits per heavy atom. The van der Waals surface area contributed by atoms with Gasteiger partial charge in [0.05, 0.1) is 14.8 Å². The minimum atomic E-state index is -0.521. The molecule has 0 atom stereocenters. The van der Waals surface area contributed by atoms with Crippen molar-refractivity contribution in [2.45, 2.75) is 6.54 Å². The van der Waals surface area contributed by atoms with Gasteiger partial charge in [0.25, 0.3) is 5.69 Å². The van der Waals surface area contributed by atoms with E-state index < -0.39 is 4.92 Å². The highest BCUT2D eigenvalue weighted by atomic mass is 79.9. The number of halogens is 1. The Hall–Kier alpha value is -1.60. The van der Waals surface area contributed by atoms with Gasteiger partial charge in [-0.05, 0) is 40.2 Å². The molecule has 2 aromatic rings. The van der Waals surface area contributed by atoms with Crippen LogP contribution in [0.5, 0.6) is 5.75 Å². The Bertz CT molecular complexity index is 585. The summed E-state index contributed by atoms with van der Waals surface area (Å²) in [5, 5.41) is 23.1. The van der Waals surface area contributed by atoms with Gasteiger partial charge in [-0.1, -0.05) is 0 Å². The van der Waals surface area contributed by atoms with E-state index in [-0.39, 0.29) is 11.4 Å². The highest BCUT2D eigenvalue weighted by molar-refractivity contribution is 9.11. The number of phenolic OH excluding ortho intramolecular Hbond substituents is 1. The van der Waals surface area contributed by atoms with Crippen molar-refractivity contribution in [2.75, 3.05) is 5.32 Å². The first kappa shape index (κ1) is 12.8. The van der Waals surface area contributed by atoms with E-state index in [9.17, 15) is 15.2 Å². The lowest BCUT2D eigenvalue weighted by atomic mass is 10.2. The zero-order chi connectivity index (χ0) is 13.1. The predicted octanol–water partition coefficient (Wildman–Crippen LogP) is 3.74. The second-order valence-electron chi connectivity index (χ2n) is 3.52. The van der Waals surface area contributed by atoms with Crippen molar-refractivity contribution in [3.63, 3.8) is 0 Å². The minimum Gasteiger partial charge on any atom is -0.508 e. The molecule has 2 N–H and O–H groups in total. The number of nitro benzene ring substituents is 1. The molecule has 0 bridgehead atoms. The molecule has 0 aliphatic rings. The molecule has 0 spiro atoms. The van der Waals surface area contributed by atoms with E-state index in [0.29, 0.717) is 12.2 Å². The summed E-state index contributed by atoms with van der Waals surface area (Å²) in [5.74, 6) is -0.119. The maximum absolute atomic E-state index is 10.8. The number of nitro groups is 1. The Morgan fingerprint density at radius 2 is 2.17 bits per heavy atom. The largest absolute Gasteiger partial charge is 0.508 e. The predicted molar refractivity (Wildman–Crippen MR) is 74.1 cm³/mol. The maximum atomic E-state index is 10.8. The third kappa shape index (κ3) is 2.99. The molecule has 0 aliphatic heterocycles. The van der Waals surface area contributed by atoms with E-state index >= 15 is 0 Å². The molecule has 5 nitrogen and oxygen atoms in total. The highest BCUT2D eigenvalue weighted by Gasteiger charge is 2.14. The standard InChI is InChI=1S/C11H9BrN2O3S/c12-11-4-2-8(18-11)6-13-9-3-1-7(15)5-10(9)14(16)17/h1-5,13,15H,6H2. The van der Waals surface area contributed by atoms with Crippen molar-refractivity contribution < 1.29 is 10.0 Å². The monoisotopic (exact) mass is 328 g/mol. The fraction of sp³-hybridized carbons (Fsp3) is 0.0909. The molecule has 18 heavy (non-hydrogen) atoms. The van der Waals surface area contributed by atoms with Crippen molar-refractivity contribution >= 4 is 38.6 Å². The SMILES string of the molecule is O=[N+]([O-])c1cc(O)ccc1NCc1ccc(Br)s1. The van der Waals surface area contributed by atoms with E-state index in [0.717, 1.165) is 14.7 Å². The number of hydrogen-bond donors (Lipinski definition) is 2. The second kappa shape index (κ2) is 5.36. The van der Waals surface area contributed by atoms with E-state index in [1.807, 2.05) is 12.1 Å². The summed E-state index contributed by atoms with van der Waals surface area (Å²) >= 11 is 4.91. The van der Waals surface area contributed by atoms with Gasteiger partial charge in [0.15, 0.2) is 0 Å². The molecule has 0 amide bonds. The van der Waals surface area contributed by atoms with Crippen LogP contribution < -0.4 is 5.32 Å². The van der Waals surface area contributed by atoms with Crippen LogP contribution in [-0.2, 0) is 6.54 Å². The number of nitrogens with one attached hydrogen (secondary N) is 1. The van der Waals surface area contributed by atoms with Crippen molar-refractivity contribution in [1.82, 2.24) is 0 Å². The Balaban J connectivity index is 2.16. The van der Waals surface area contributed by atoms with Gasteiger partial charge < -0.3 is 10.4 Å². The fourth-order valence-electron chi connectivity index (χ4n) is 1.45. The van der Waals surface area contributed by atoms with Crippen molar-refractivity contribution in [1.29, 1.82) is 0 Å². The third-order valence-electron chi connectivity index (χ3n) is 2.26. The number of benzene rings is 1. The molecule has 94 valence electrons. The molecule has 0 saturated heterocycles. The molecule has 2 rings (SSSR count). The number of hydrogen-bond acceptors (Lipinski definition) is 5. The average molecular weight is 329 g/mol. The fourth-order valence-corrected chi connectivity index (χ4v) is 2.87. The number of phenols is 1. The van der Waals surface area contributed by atoms with Gasteiger partial charge in [0.1, 0.15) is 11.4 Å². The lowest BCUT2D eigenvalue weighted by Crippen LogP contribution is -2.01. The zero-order valence-corrected chi connectivity index (χ0v) is 11.5. The lowest BCUT2D eigenvalue weighted by Gasteiger charge is -2.05. The summed E-state index contributed by atoms with van der Waals surface area (Å²) in [7, 11) is 0. The smallest absolute Gasteiger partial charge is 0.296 e. The molecule has 0 saturated carbocycles. The van der Waals surface area contributed by atoms with E-state index in [4.69, 9.17) is 0 Å². The van der Waals surface area contributed by atoms with E-state index in [1.165, 1.54) is 12.1 Å². The summed E-state index contributed by atoms with van der Waals surface area (Å²) in [6, 6.07) is 7.91. The third-order valence-corrected chi connectivity index (χ3v) is 3.88. The molecule has 1 heterocycles. The van der Waals surface area contributed by atoms with E-state index in [2.05, 4.69) is 21.2 Å². The topological polar surface area (TPSA) is 75.4 Å². The van der Waals surface area contributed by atoms with Gasteiger partial charge in [-0.2, -0.15) is 0 Å². The zero-order valence-electron chi connectivity index (χ0n) is 9.09. The molecule has 1 aromatic carbocycles. The molecule has 7 heteroatoms. The van der Waals surface area contributed by atoms with Crippen molar-refractivity contribution in [3.8, 4) is 5.75 Å². The number of nitrogens with zero attached hydrogens (tertiary/aromatic N) is 1. The van der Waals surface area contributed by atoms with Gasteiger partial charge in [-0.15, -0.1) is 11.3 Å². The van der Waals surface area contributed by atoms with Gasteiger partial charge >= 0.3 is 0 Å². The van der Waals surface area contributed by atoms with Crippen LogP contribution in [0.2, 0.25) is 0 Å². The van der Waals surface area contributed by atoms with E-state index in [1.54, 1.807) is 11.3 Å². The first-order valence-corrected chi connectivity index (χ1v) is 6.62. The molecule has 0 unspecified atom stereocenters. The molecule has 0 fully saturated rings. The molecule has 0 aliphatic carbocycles. The van der Waals surface area contributed by atoms with Crippen molar-refractivity contribution in [3.05, 3.63) is 49.1 Å². The van der Waals surface area contributed by atoms with Gasteiger partial charge in [0.2, 0.25) is 0 Å². The molecular formula is C11H9BrN2O3S. The average Bonchev–Trinajstić information content (AvgIpc) is 2.73. The molecular weight excluding hydrogens is 320 g/mol. The summed E-state index contributed by atoms with van der Waals surface area (Å²) in [4.78, 5) is 11.4.